The van der Waals surface area contributed by atoms with Gasteiger partial charge >= 0.3 is 0 Å². The minimum absolute atomic E-state index is 0.222. The average molecular weight is 366 g/mol. The molecule has 0 radical (unpaired) electrons. The number of hydrogen-bond donors (Lipinski definition) is 2. The van der Waals surface area contributed by atoms with E-state index in [1.807, 2.05) is 0 Å². The molecular weight excluding hydrogens is 340 g/mol. The molecule has 0 unspecified atom stereocenters. The highest BCUT2D eigenvalue weighted by Gasteiger charge is 2.43. The smallest absolute Gasteiger partial charge is 0.242 e. The van der Waals surface area contributed by atoms with Crippen molar-refractivity contribution in [2.45, 2.75) is 61.8 Å². The van der Waals surface area contributed by atoms with Gasteiger partial charge in [0.1, 0.15) is 5.54 Å². The fourth-order valence-electron chi connectivity index (χ4n) is 3.29. The monoisotopic (exact) mass is 366 g/mol. The zero-order valence-corrected chi connectivity index (χ0v) is 15.8. The fraction of sp³-hybridized carbons (Fsp3) is 0.556. The predicted octanol–water partition coefficient (Wildman–Crippen LogP) is 1.67. The number of carbonyl (C=O) groups is 2. The van der Waals surface area contributed by atoms with E-state index >= 15 is 0 Å². The van der Waals surface area contributed by atoms with Crippen LogP contribution in [0.5, 0.6) is 0 Å². The Bertz CT molecular complexity index is 761. The van der Waals surface area contributed by atoms with Crippen LogP contribution in [0, 0.1) is 0 Å². The normalized spacial score (nSPS) is 17.7. The molecule has 0 saturated heterocycles. The van der Waals surface area contributed by atoms with E-state index in [1.54, 1.807) is 26.0 Å². The summed E-state index contributed by atoms with van der Waals surface area (Å²) in [5.74, 6) is -0.831. The van der Waals surface area contributed by atoms with Gasteiger partial charge in [0.25, 0.3) is 0 Å². The first-order valence-corrected chi connectivity index (χ1v) is 10.3. The molecular formula is C18H26N2O4S. The van der Waals surface area contributed by atoms with Gasteiger partial charge in [-0.05, 0) is 44.4 Å². The highest BCUT2D eigenvalue weighted by atomic mass is 32.2. The van der Waals surface area contributed by atoms with Gasteiger partial charge in [-0.1, -0.05) is 31.4 Å². The molecule has 1 aromatic carbocycles. The summed E-state index contributed by atoms with van der Waals surface area (Å²) in [5, 5.41) is 2.78. The standard InChI is InChI=1S/C18H26N2O4S/c1-17(2,15(19)21)20-16(22)18(11-5-4-6-12-18)13-7-9-14(10-8-13)25(3,23)24/h7-10H,4-6,11-12H2,1-3H3,(H2,19,21)(H,20,22). The lowest BCUT2D eigenvalue weighted by Crippen LogP contribution is -2.58. The predicted molar refractivity (Wildman–Crippen MR) is 95.7 cm³/mol. The van der Waals surface area contributed by atoms with Crippen molar-refractivity contribution in [3.63, 3.8) is 0 Å². The molecule has 1 aliphatic rings. The van der Waals surface area contributed by atoms with E-state index < -0.39 is 26.7 Å². The van der Waals surface area contributed by atoms with Crippen molar-refractivity contribution in [1.82, 2.24) is 5.32 Å². The molecule has 0 spiro atoms. The largest absolute Gasteiger partial charge is 0.368 e. The lowest BCUT2D eigenvalue weighted by atomic mass is 9.68. The molecule has 2 rings (SSSR count). The van der Waals surface area contributed by atoms with Crippen LogP contribution in [0.2, 0.25) is 0 Å². The number of nitrogens with one attached hydrogen (secondary N) is 1. The number of primary amides is 1. The Kier molecular flexibility index (Phi) is 5.27. The van der Waals surface area contributed by atoms with Gasteiger partial charge in [0.05, 0.1) is 10.3 Å². The molecule has 0 heterocycles. The Morgan fingerprint density at radius 2 is 1.60 bits per heavy atom. The molecule has 3 N–H and O–H groups in total. The van der Waals surface area contributed by atoms with Crippen molar-refractivity contribution >= 4 is 21.7 Å². The second kappa shape index (κ2) is 6.78. The highest BCUT2D eigenvalue weighted by Crippen LogP contribution is 2.40. The second-order valence-electron chi connectivity index (χ2n) is 7.38. The van der Waals surface area contributed by atoms with Crippen LogP contribution < -0.4 is 11.1 Å². The van der Waals surface area contributed by atoms with E-state index in [2.05, 4.69) is 5.32 Å². The van der Waals surface area contributed by atoms with Crippen molar-refractivity contribution in [2.75, 3.05) is 6.26 Å². The first-order chi connectivity index (χ1) is 11.5. The van der Waals surface area contributed by atoms with Crippen LogP contribution in [0.4, 0.5) is 0 Å². The summed E-state index contributed by atoms with van der Waals surface area (Å²) in [5.41, 5.74) is 4.25. The number of hydrogen-bond acceptors (Lipinski definition) is 4. The zero-order valence-electron chi connectivity index (χ0n) is 15.0. The highest BCUT2D eigenvalue weighted by molar-refractivity contribution is 7.90. The minimum atomic E-state index is -3.29. The van der Waals surface area contributed by atoms with E-state index in [-0.39, 0.29) is 10.8 Å². The van der Waals surface area contributed by atoms with Crippen molar-refractivity contribution in [2.24, 2.45) is 5.73 Å². The molecule has 1 fully saturated rings. The van der Waals surface area contributed by atoms with Crippen molar-refractivity contribution in [1.29, 1.82) is 0 Å². The second-order valence-corrected chi connectivity index (χ2v) is 9.40. The Hall–Kier alpha value is -1.89. The summed E-state index contributed by atoms with van der Waals surface area (Å²) in [4.78, 5) is 24.9. The summed E-state index contributed by atoms with van der Waals surface area (Å²) in [7, 11) is -3.29. The minimum Gasteiger partial charge on any atom is -0.368 e. The van der Waals surface area contributed by atoms with Gasteiger partial charge in [0, 0.05) is 6.26 Å². The van der Waals surface area contributed by atoms with Gasteiger partial charge in [0.15, 0.2) is 9.84 Å². The number of benzene rings is 1. The van der Waals surface area contributed by atoms with E-state index in [9.17, 15) is 18.0 Å². The lowest BCUT2D eigenvalue weighted by Gasteiger charge is -2.38. The third kappa shape index (κ3) is 4.03. The Labute approximate surface area is 149 Å². The summed E-state index contributed by atoms with van der Waals surface area (Å²) in [6.45, 7) is 3.16. The molecule has 0 aliphatic heterocycles. The quantitative estimate of drug-likeness (QED) is 0.826. The zero-order chi connectivity index (χ0) is 18.9. The van der Waals surface area contributed by atoms with Crippen LogP contribution in [0.1, 0.15) is 51.5 Å². The Balaban J connectivity index is 2.41. The molecule has 25 heavy (non-hydrogen) atoms. The van der Waals surface area contributed by atoms with Gasteiger partial charge < -0.3 is 11.1 Å². The van der Waals surface area contributed by atoms with Crippen LogP contribution in [0.3, 0.4) is 0 Å². The molecule has 0 atom stereocenters. The summed E-state index contributed by atoms with van der Waals surface area (Å²) < 4.78 is 23.3. The summed E-state index contributed by atoms with van der Waals surface area (Å²) >= 11 is 0. The number of amides is 2. The van der Waals surface area contributed by atoms with Gasteiger partial charge in [-0.3, -0.25) is 9.59 Å². The molecule has 2 amide bonds. The van der Waals surface area contributed by atoms with E-state index in [0.717, 1.165) is 31.1 Å². The maximum atomic E-state index is 13.1. The van der Waals surface area contributed by atoms with Crippen LogP contribution in [0.15, 0.2) is 29.2 Å². The molecule has 7 heteroatoms. The van der Waals surface area contributed by atoms with Gasteiger partial charge in [-0.15, -0.1) is 0 Å². The number of nitrogens with two attached hydrogens (primary N) is 1. The van der Waals surface area contributed by atoms with E-state index in [4.69, 9.17) is 5.73 Å². The van der Waals surface area contributed by atoms with Crippen molar-refractivity contribution in [3.8, 4) is 0 Å². The van der Waals surface area contributed by atoms with Gasteiger partial charge in [-0.25, -0.2) is 8.42 Å². The molecule has 1 saturated carbocycles. The first-order valence-electron chi connectivity index (χ1n) is 8.42. The van der Waals surface area contributed by atoms with Gasteiger partial charge in [-0.2, -0.15) is 0 Å². The van der Waals surface area contributed by atoms with Crippen molar-refractivity contribution in [3.05, 3.63) is 29.8 Å². The molecule has 1 aliphatic carbocycles. The maximum Gasteiger partial charge on any atom is 0.242 e. The first kappa shape index (κ1) is 19.4. The Morgan fingerprint density at radius 3 is 2.04 bits per heavy atom. The topological polar surface area (TPSA) is 106 Å². The van der Waals surface area contributed by atoms with Crippen LogP contribution in [-0.4, -0.2) is 32.0 Å². The fourth-order valence-corrected chi connectivity index (χ4v) is 3.92. The summed E-state index contributed by atoms with van der Waals surface area (Å²) in [6.07, 6.45) is 5.32. The SMILES string of the molecule is CC(C)(NC(=O)C1(c2ccc(S(C)(=O)=O)cc2)CCCCC1)C(N)=O. The van der Waals surface area contributed by atoms with Gasteiger partial charge in [0.2, 0.25) is 11.8 Å². The third-order valence-electron chi connectivity index (χ3n) is 5.02. The number of carbonyl (C=O) groups excluding carboxylic acids is 2. The molecule has 1 aromatic rings. The summed E-state index contributed by atoms with van der Waals surface area (Å²) in [6, 6.07) is 6.48. The lowest BCUT2D eigenvalue weighted by molar-refractivity contribution is -0.134. The van der Waals surface area contributed by atoms with Crippen molar-refractivity contribution < 1.29 is 18.0 Å². The van der Waals surface area contributed by atoms with E-state index in [1.165, 1.54) is 12.1 Å². The number of rotatable bonds is 5. The van der Waals surface area contributed by atoms with E-state index in [0.29, 0.717) is 12.8 Å². The Morgan fingerprint density at radius 1 is 1.08 bits per heavy atom. The molecule has 0 aromatic heterocycles. The van der Waals surface area contributed by atoms with Crippen LogP contribution in [0.25, 0.3) is 0 Å². The van der Waals surface area contributed by atoms with Crippen LogP contribution in [-0.2, 0) is 24.8 Å². The van der Waals surface area contributed by atoms with Crippen LogP contribution >= 0.6 is 0 Å². The average Bonchev–Trinajstić information content (AvgIpc) is 2.54. The third-order valence-corrected chi connectivity index (χ3v) is 6.15. The maximum absolute atomic E-state index is 13.1. The number of sulfone groups is 1. The molecule has 6 nitrogen and oxygen atoms in total. The molecule has 0 bridgehead atoms. The molecule has 138 valence electrons.